The van der Waals surface area contributed by atoms with Gasteiger partial charge in [0.2, 0.25) is 0 Å². The van der Waals surface area contributed by atoms with Crippen LogP contribution in [0.5, 0.6) is 0 Å². The van der Waals surface area contributed by atoms with Gasteiger partial charge in [-0.3, -0.25) is 0 Å². The molecule has 0 unspecified atom stereocenters. The maximum Gasteiger partial charge on any atom is 0.107 e. The lowest BCUT2D eigenvalue weighted by molar-refractivity contribution is 0.138. The Balaban J connectivity index is 1.90. The number of benzene rings is 3. The summed E-state index contributed by atoms with van der Waals surface area (Å²) in [5.74, 6) is 0. The van der Waals surface area contributed by atoms with Crippen molar-refractivity contribution in [3.63, 3.8) is 0 Å². The third-order valence-corrected chi connectivity index (χ3v) is 4.29. The van der Waals surface area contributed by atoms with Gasteiger partial charge in [-0.15, -0.1) is 0 Å². The number of hydrogen-bond acceptors (Lipinski definition) is 2. The maximum absolute atomic E-state index is 10.9. The van der Waals surface area contributed by atoms with E-state index >= 15 is 0 Å². The van der Waals surface area contributed by atoms with Gasteiger partial charge >= 0.3 is 0 Å². The Hall–Kier alpha value is -2.49. The van der Waals surface area contributed by atoms with Crippen LogP contribution in [0.3, 0.4) is 0 Å². The molecule has 0 aliphatic rings. The summed E-state index contributed by atoms with van der Waals surface area (Å²) in [4.78, 5) is 0.624. The van der Waals surface area contributed by atoms with Crippen molar-refractivity contribution in [2.45, 2.75) is 12.1 Å². The van der Waals surface area contributed by atoms with Crippen LogP contribution in [0.4, 0.5) is 0 Å². The molecular weight excluding hydrogens is 314 g/mol. The summed E-state index contributed by atoms with van der Waals surface area (Å²) in [6.07, 6.45) is -0.699. The number of thiocarbonyl (C=S) groups is 1. The van der Waals surface area contributed by atoms with Crippen molar-refractivity contribution in [3.8, 4) is 0 Å². The molecule has 3 rings (SSSR count). The first-order valence-electron chi connectivity index (χ1n) is 7.89. The fourth-order valence-electron chi connectivity index (χ4n) is 2.66. The normalized spacial score (nSPS) is 13.0. The zero-order valence-electron chi connectivity index (χ0n) is 13.2. The van der Waals surface area contributed by atoms with Crippen LogP contribution in [0.2, 0.25) is 0 Å². The molecule has 0 saturated carbocycles. The SMILES string of the molecule is O[C@H](c1ccccc1)[C@@H](NC(=S)c1ccccc1)c1ccccc1. The van der Waals surface area contributed by atoms with E-state index in [1.807, 2.05) is 91.0 Å². The molecule has 120 valence electrons. The van der Waals surface area contributed by atoms with Gasteiger partial charge in [0.25, 0.3) is 0 Å². The van der Waals surface area contributed by atoms with E-state index < -0.39 is 6.10 Å². The first kappa shape index (κ1) is 16.4. The van der Waals surface area contributed by atoms with Crippen molar-refractivity contribution < 1.29 is 5.11 Å². The van der Waals surface area contributed by atoms with E-state index in [-0.39, 0.29) is 6.04 Å². The van der Waals surface area contributed by atoms with Crippen LogP contribution in [-0.4, -0.2) is 10.1 Å². The van der Waals surface area contributed by atoms with E-state index in [4.69, 9.17) is 12.2 Å². The van der Waals surface area contributed by atoms with Crippen LogP contribution in [0.1, 0.15) is 28.8 Å². The Morgan fingerprint density at radius 3 is 1.71 bits per heavy atom. The van der Waals surface area contributed by atoms with E-state index in [1.54, 1.807) is 0 Å². The molecule has 2 nitrogen and oxygen atoms in total. The summed E-state index contributed by atoms with van der Waals surface area (Å²) in [6.45, 7) is 0. The molecule has 0 fully saturated rings. The van der Waals surface area contributed by atoms with E-state index in [0.717, 1.165) is 16.7 Å². The van der Waals surface area contributed by atoms with E-state index in [1.165, 1.54) is 0 Å². The quantitative estimate of drug-likeness (QED) is 0.678. The molecular formula is C21H19NOS. The highest BCUT2D eigenvalue weighted by molar-refractivity contribution is 7.80. The zero-order chi connectivity index (χ0) is 16.8. The second kappa shape index (κ2) is 7.86. The van der Waals surface area contributed by atoms with E-state index in [9.17, 15) is 5.11 Å². The van der Waals surface area contributed by atoms with Crippen molar-refractivity contribution in [3.05, 3.63) is 108 Å². The van der Waals surface area contributed by atoms with Crippen LogP contribution in [0.15, 0.2) is 91.0 Å². The van der Waals surface area contributed by atoms with Gasteiger partial charge in [-0.25, -0.2) is 0 Å². The Labute approximate surface area is 147 Å². The van der Waals surface area contributed by atoms with Crippen LogP contribution in [-0.2, 0) is 0 Å². The van der Waals surface area contributed by atoms with Gasteiger partial charge in [-0.1, -0.05) is 103 Å². The van der Waals surface area contributed by atoms with Gasteiger partial charge in [0, 0.05) is 5.56 Å². The molecule has 0 aliphatic heterocycles. The van der Waals surface area contributed by atoms with Gasteiger partial charge < -0.3 is 10.4 Å². The molecule has 0 spiro atoms. The molecule has 3 heteroatoms. The molecule has 2 N–H and O–H groups in total. The molecule has 3 aromatic rings. The topological polar surface area (TPSA) is 32.3 Å². The Kier molecular flexibility index (Phi) is 5.36. The monoisotopic (exact) mass is 333 g/mol. The van der Waals surface area contributed by atoms with Gasteiger partial charge in [0.15, 0.2) is 0 Å². The maximum atomic E-state index is 10.9. The standard InChI is InChI=1S/C21H19NOS/c23-20(17-12-6-2-7-13-17)19(16-10-4-1-5-11-16)22-21(24)18-14-8-3-9-15-18/h1-15,19-20,23H,(H,22,24)/t19-,20+/m0/s1. The van der Waals surface area contributed by atoms with Crippen LogP contribution >= 0.6 is 12.2 Å². The molecule has 2 atom stereocenters. The molecule has 24 heavy (non-hydrogen) atoms. The highest BCUT2D eigenvalue weighted by Gasteiger charge is 2.23. The number of aliphatic hydroxyl groups excluding tert-OH is 1. The molecule has 0 bridgehead atoms. The Morgan fingerprint density at radius 2 is 1.17 bits per heavy atom. The first-order valence-corrected chi connectivity index (χ1v) is 8.30. The van der Waals surface area contributed by atoms with Gasteiger partial charge in [0.1, 0.15) is 11.1 Å². The van der Waals surface area contributed by atoms with Gasteiger partial charge in [-0.2, -0.15) is 0 Å². The molecule has 0 saturated heterocycles. The second-order valence-electron chi connectivity index (χ2n) is 5.58. The van der Waals surface area contributed by atoms with Crippen molar-refractivity contribution in [2.24, 2.45) is 0 Å². The average molecular weight is 333 g/mol. The highest BCUT2D eigenvalue weighted by atomic mass is 32.1. The molecule has 0 aliphatic carbocycles. The number of aliphatic hydroxyl groups is 1. The molecule has 0 aromatic heterocycles. The predicted octanol–water partition coefficient (Wildman–Crippen LogP) is 4.43. The second-order valence-corrected chi connectivity index (χ2v) is 5.99. The molecule has 0 radical (unpaired) electrons. The van der Waals surface area contributed by atoms with Crippen molar-refractivity contribution in [1.82, 2.24) is 5.32 Å². The molecule has 0 amide bonds. The third-order valence-electron chi connectivity index (χ3n) is 3.94. The minimum atomic E-state index is -0.699. The smallest absolute Gasteiger partial charge is 0.107 e. The number of rotatable bonds is 5. The van der Waals surface area contributed by atoms with Crippen molar-refractivity contribution >= 4 is 17.2 Å². The molecule has 0 heterocycles. The lowest BCUT2D eigenvalue weighted by Gasteiger charge is -2.26. The third kappa shape index (κ3) is 3.88. The summed E-state index contributed by atoms with van der Waals surface area (Å²) in [6, 6.07) is 29.0. The van der Waals surface area contributed by atoms with Crippen LogP contribution in [0.25, 0.3) is 0 Å². The predicted molar refractivity (Wildman–Crippen MR) is 102 cm³/mol. The summed E-state index contributed by atoms with van der Waals surface area (Å²) in [5, 5.41) is 14.2. The fraction of sp³-hybridized carbons (Fsp3) is 0.0952. The lowest BCUT2D eigenvalue weighted by Crippen LogP contribution is -2.32. The lowest BCUT2D eigenvalue weighted by atomic mass is 9.95. The van der Waals surface area contributed by atoms with Crippen molar-refractivity contribution in [1.29, 1.82) is 0 Å². The van der Waals surface area contributed by atoms with Crippen LogP contribution in [0, 0.1) is 0 Å². The average Bonchev–Trinajstić information content (AvgIpc) is 2.67. The van der Waals surface area contributed by atoms with Crippen LogP contribution < -0.4 is 5.32 Å². The Morgan fingerprint density at radius 1 is 0.708 bits per heavy atom. The number of hydrogen-bond donors (Lipinski definition) is 2. The van der Waals surface area contributed by atoms with Gasteiger partial charge in [-0.05, 0) is 11.1 Å². The summed E-state index contributed by atoms with van der Waals surface area (Å²) >= 11 is 5.54. The van der Waals surface area contributed by atoms with Gasteiger partial charge in [0.05, 0.1) is 6.04 Å². The van der Waals surface area contributed by atoms with E-state index in [0.29, 0.717) is 4.99 Å². The highest BCUT2D eigenvalue weighted by Crippen LogP contribution is 2.29. The largest absolute Gasteiger partial charge is 0.386 e. The minimum Gasteiger partial charge on any atom is -0.386 e. The van der Waals surface area contributed by atoms with Crippen molar-refractivity contribution in [2.75, 3.05) is 0 Å². The fourth-order valence-corrected chi connectivity index (χ4v) is 2.92. The zero-order valence-corrected chi connectivity index (χ0v) is 14.0. The minimum absolute atomic E-state index is 0.318. The summed E-state index contributed by atoms with van der Waals surface area (Å²) < 4.78 is 0. The summed E-state index contributed by atoms with van der Waals surface area (Å²) in [7, 11) is 0. The number of nitrogens with one attached hydrogen (secondary N) is 1. The Bertz CT molecular complexity index is 775. The van der Waals surface area contributed by atoms with E-state index in [2.05, 4.69) is 5.32 Å². The first-order chi connectivity index (χ1) is 11.8. The molecule has 3 aromatic carbocycles. The summed E-state index contributed by atoms with van der Waals surface area (Å²) in [5.41, 5.74) is 2.79.